The van der Waals surface area contributed by atoms with E-state index in [4.69, 9.17) is 16.8 Å². The molecule has 4 nitrogen and oxygen atoms in total. The molecule has 0 saturated heterocycles. The highest BCUT2D eigenvalue weighted by atomic mass is 16.3. The average molecular weight is 514 g/mol. The van der Waals surface area contributed by atoms with Crippen LogP contribution in [-0.4, -0.2) is 9.55 Å². The van der Waals surface area contributed by atoms with Gasteiger partial charge < -0.3 is 4.42 Å². The van der Waals surface area contributed by atoms with Crippen LogP contribution in [0.5, 0.6) is 0 Å². The number of fused-ring (bicyclic) bond motifs is 4. The van der Waals surface area contributed by atoms with E-state index in [1.807, 2.05) is 16.7 Å². The van der Waals surface area contributed by atoms with E-state index in [0.29, 0.717) is 44.5 Å². The van der Waals surface area contributed by atoms with Gasteiger partial charge in [-0.1, -0.05) is 63.9 Å². The molecule has 3 aromatic heterocycles. The Hall–Kier alpha value is -3.92. The first-order valence-corrected chi connectivity index (χ1v) is 12.5. The van der Waals surface area contributed by atoms with Crippen molar-refractivity contribution in [3.63, 3.8) is 0 Å². The molecule has 0 aliphatic carbocycles. The van der Waals surface area contributed by atoms with E-state index < -0.39 is 32.3 Å². The average Bonchev–Trinajstić information content (AvgIpc) is 3.49. The number of furan rings is 1. The monoisotopic (exact) mass is 513 g/mol. The van der Waals surface area contributed by atoms with Crippen molar-refractivity contribution in [3.05, 3.63) is 88.6 Å². The predicted molar refractivity (Wildman–Crippen MR) is 157 cm³/mol. The predicted octanol–water partition coefficient (Wildman–Crippen LogP) is 8.59. The molecule has 0 bridgehead atoms. The van der Waals surface area contributed by atoms with Gasteiger partial charge in [-0.15, -0.1) is 0 Å². The first-order valence-electron chi connectivity index (χ1n) is 18.0. The lowest BCUT2D eigenvalue weighted by molar-refractivity contribution is -0.633. The normalized spacial score (nSPS) is 20.5. The number of aryl methyl sites for hydroxylation is 4. The maximum absolute atomic E-state index is 9.25. The maximum Gasteiger partial charge on any atom is 0.299 e. The summed E-state index contributed by atoms with van der Waals surface area (Å²) in [5.74, 6) is -4.10. The SMILES string of the molecule is [2H]C([2H])([2H])c1cc(C)c(-c2n(-c3c(C([2H])(C)C([2H])([2H])[2H])cccc3C([2H])(C)C([2H])([2H])[2H])c3ccccc3[n+]2C)c2oc3nc(C)ccc3c12. The van der Waals surface area contributed by atoms with Crippen LogP contribution in [0.2, 0.25) is 0 Å². The lowest BCUT2D eigenvalue weighted by atomic mass is 9.92. The van der Waals surface area contributed by atoms with E-state index >= 15 is 0 Å². The lowest BCUT2D eigenvalue weighted by Gasteiger charge is -2.18. The number of nitrogens with zero attached hydrogens (tertiary/aromatic N) is 3. The summed E-state index contributed by atoms with van der Waals surface area (Å²) in [5.41, 5.74) is 3.42. The summed E-state index contributed by atoms with van der Waals surface area (Å²) in [6.45, 7) is -2.16. The van der Waals surface area contributed by atoms with Gasteiger partial charge in [0.2, 0.25) is 5.71 Å². The highest BCUT2D eigenvalue weighted by Gasteiger charge is 2.33. The number of hydrogen-bond donors (Lipinski definition) is 0. The van der Waals surface area contributed by atoms with Gasteiger partial charge in [-0.3, -0.25) is 0 Å². The van der Waals surface area contributed by atoms with E-state index in [1.165, 1.54) is 32.0 Å². The Bertz CT molecular complexity index is 2240. The van der Waals surface area contributed by atoms with Crippen LogP contribution in [0.3, 0.4) is 0 Å². The molecule has 0 amide bonds. The molecular formula is C34H36N3O+. The Morgan fingerprint density at radius 2 is 1.68 bits per heavy atom. The standard InChI is InChI=1S/C34H36N3O/c1-19(2)24-12-11-13-25(20(3)4)31(24)37-28-15-10-9-14-27(28)36(8)34(37)30-22(6)18-21(5)29-26-17-16-23(7)35-33(26)38-32(29)30/h9-20H,1-8H3/q+1/i1D3,3D3,5D3,19D,20D. The highest BCUT2D eigenvalue weighted by molar-refractivity contribution is 6.10. The van der Waals surface area contributed by atoms with Crippen LogP contribution >= 0.6 is 0 Å². The first-order chi connectivity index (χ1) is 22.5. The van der Waals surface area contributed by atoms with Crippen LogP contribution < -0.4 is 4.57 Å². The fraction of sp³-hybridized carbons (Fsp3) is 0.294. The molecule has 0 spiro atoms. The quantitative estimate of drug-likeness (QED) is 0.221. The van der Waals surface area contributed by atoms with Crippen LogP contribution in [0, 0.1) is 20.7 Å². The topological polar surface area (TPSA) is 34.8 Å². The van der Waals surface area contributed by atoms with Gasteiger partial charge in [0.1, 0.15) is 11.3 Å². The van der Waals surface area contributed by atoms with Gasteiger partial charge in [0.25, 0.3) is 5.82 Å². The van der Waals surface area contributed by atoms with Crippen molar-refractivity contribution in [2.45, 2.75) is 60.0 Å². The van der Waals surface area contributed by atoms with E-state index in [9.17, 15) is 2.74 Å². The van der Waals surface area contributed by atoms with Gasteiger partial charge in [0, 0.05) is 42.7 Å². The zero-order valence-electron chi connectivity index (χ0n) is 33.0. The fourth-order valence-corrected chi connectivity index (χ4v) is 5.54. The molecule has 2 atom stereocenters. The van der Waals surface area contributed by atoms with Crippen molar-refractivity contribution in [3.8, 4) is 17.1 Å². The zero-order chi connectivity index (χ0) is 36.2. The van der Waals surface area contributed by atoms with Crippen molar-refractivity contribution >= 4 is 33.1 Å². The Morgan fingerprint density at radius 1 is 0.947 bits per heavy atom. The Balaban J connectivity index is 1.90. The molecule has 2 unspecified atom stereocenters. The van der Waals surface area contributed by atoms with Crippen LogP contribution in [0.25, 0.3) is 50.2 Å². The second-order valence-corrected chi connectivity index (χ2v) is 9.89. The molecule has 6 rings (SSSR count). The van der Waals surface area contributed by atoms with Gasteiger partial charge >= 0.3 is 0 Å². The Morgan fingerprint density at radius 3 is 2.39 bits per heavy atom. The summed E-state index contributed by atoms with van der Waals surface area (Å²) in [6, 6.07) is 16.8. The summed E-state index contributed by atoms with van der Waals surface area (Å²) < 4.78 is 104. The molecule has 0 aliphatic heterocycles. The summed E-state index contributed by atoms with van der Waals surface area (Å²) >= 11 is 0. The molecule has 192 valence electrons. The number of hydrogen-bond acceptors (Lipinski definition) is 2. The van der Waals surface area contributed by atoms with Crippen molar-refractivity contribution in [1.82, 2.24) is 9.55 Å². The second kappa shape index (κ2) is 8.83. The van der Waals surface area contributed by atoms with Crippen molar-refractivity contribution in [2.24, 2.45) is 7.05 Å². The molecule has 0 radical (unpaired) electrons. The van der Waals surface area contributed by atoms with Gasteiger partial charge in [0.15, 0.2) is 16.6 Å². The summed E-state index contributed by atoms with van der Waals surface area (Å²) in [4.78, 5) is 4.55. The molecule has 38 heavy (non-hydrogen) atoms. The Labute approximate surface area is 240 Å². The highest BCUT2D eigenvalue weighted by Crippen LogP contribution is 2.42. The van der Waals surface area contributed by atoms with Gasteiger partial charge in [0.05, 0.1) is 7.05 Å². The minimum atomic E-state index is -2.85. The molecule has 0 N–H and O–H groups in total. The molecule has 0 saturated carbocycles. The number of pyridine rings is 1. The number of para-hydroxylation sites is 3. The maximum atomic E-state index is 9.25. The molecule has 4 heteroatoms. The van der Waals surface area contributed by atoms with E-state index in [2.05, 4.69) is 4.98 Å². The van der Waals surface area contributed by atoms with E-state index in [0.717, 1.165) is 0 Å². The first kappa shape index (κ1) is 14.9. The molecule has 0 fully saturated rings. The zero-order valence-corrected chi connectivity index (χ0v) is 22.0. The Kier molecular flexibility index (Phi) is 3.46. The summed E-state index contributed by atoms with van der Waals surface area (Å²) in [6.07, 6.45) is 0. The lowest BCUT2D eigenvalue weighted by Crippen LogP contribution is -2.30. The number of rotatable bonds is 4. The fourth-order valence-electron chi connectivity index (χ4n) is 5.54. The van der Waals surface area contributed by atoms with E-state index in [1.54, 1.807) is 55.8 Å². The van der Waals surface area contributed by atoms with Crippen LogP contribution in [0.4, 0.5) is 0 Å². The van der Waals surface area contributed by atoms with Gasteiger partial charge in [-0.05, 0) is 67.9 Å². The third-order valence-electron chi connectivity index (χ3n) is 7.25. The molecule has 6 aromatic rings. The van der Waals surface area contributed by atoms with Crippen LogP contribution in [0.15, 0.2) is 65.1 Å². The molecular weight excluding hydrogens is 466 g/mol. The minimum absolute atomic E-state index is 0.00904. The minimum Gasteiger partial charge on any atom is -0.437 e. The smallest absolute Gasteiger partial charge is 0.299 e. The third kappa shape index (κ3) is 3.50. The third-order valence-corrected chi connectivity index (χ3v) is 7.25. The number of benzene rings is 3. The van der Waals surface area contributed by atoms with Gasteiger partial charge in [-0.2, -0.15) is 4.57 Å². The van der Waals surface area contributed by atoms with Crippen LogP contribution in [0.1, 0.15) is 82.4 Å². The molecule has 3 heterocycles. The van der Waals surface area contributed by atoms with E-state index in [-0.39, 0.29) is 33.7 Å². The molecule has 0 aliphatic rings. The largest absolute Gasteiger partial charge is 0.437 e. The van der Waals surface area contributed by atoms with Crippen molar-refractivity contribution in [1.29, 1.82) is 0 Å². The molecule has 3 aromatic carbocycles. The number of aromatic nitrogens is 3. The second-order valence-electron chi connectivity index (χ2n) is 9.89. The summed E-state index contributed by atoms with van der Waals surface area (Å²) in [5, 5.41) is 0.843. The number of imidazole rings is 1. The van der Waals surface area contributed by atoms with Gasteiger partial charge in [-0.25, -0.2) is 9.55 Å². The van der Waals surface area contributed by atoms with Crippen LogP contribution in [-0.2, 0) is 7.05 Å². The van der Waals surface area contributed by atoms with Crippen molar-refractivity contribution in [2.75, 3.05) is 0 Å². The van der Waals surface area contributed by atoms with Crippen molar-refractivity contribution < 1.29 is 24.1 Å². The summed E-state index contributed by atoms with van der Waals surface area (Å²) in [7, 11) is 1.79.